The topological polar surface area (TPSA) is 52.6 Å². The van der Waals surface area contributed by atoms with Crippen molar-refractivity contribution in [1.82, 2.24) is 5.32 Å². The van der Waals surface area contributed by atoms with Crippen molar-refractivity contribution >= 4 is 11.6 Å². The summed E-state index contributed by atoms with van der Waals surface area (Å²) in [5.74, 6) is 0.129. The number of amides is 1. The molecule has 18 heavy (non-hydrogen) atoms. The molecule has 0 bridgehead atoms. The molecule has 0 saturated heterocycles. The summed E-state index contributed by atoms with van der Waals surface area (Å²) in [5.41, 5.74) is 2.20. The largest absolute Gasteiger partial charge is 0.396 e. The number of nitrogens with one attached hydrogen (secondary N) is 1. The van der Waals surface area contributed by atoms with Crippen molar-refractivity contribution in [3.8, 4) is 0 Å². The van der Waals surface area contributed by atoms with E-state index in [1.165, 1.54) is 5.56 Å². The number of carbonyl (C=O) groups is 1. The van der Waals surface area contributed by atoms with E-state index in [0.29, 0.717) is 6.54 Å². The minimum absolute atomic E-state index is 0.129. The van der Waals surface area contributed by atoms with Crippen LogP contribution >= 0.6 is 0 Å². The summed E-state index contributed by atoms with van der Waals surface area (Å²) in [6.45, 7) is 2.10. The molecule has 1 aliphatic rings. The monoisotopic (exact) mass is 248 g/mol. The number of aliphatic hydroxyl groups is 1. The highest BCUT2D eigenvalue weighted by atomic mass is 16.2. The maximum absolute atomic E-state index is 12.1. The van der Waals surface area contributed by atoms with E-state index in [1.807, 2.05) is 23.1 Å². The third kappa shape index (κ3) is 3.09. The molecule has 0 aromatic heterocycles. The van der Waals surface area contributed by atoms with Crippen LogP contribution in [0.25, 0.3) is 0 Å². The van der Waals surface area contributed by atoms with Gasteiger partial charge in [-0.2, -0.15) is 0 Å². The molecule has 4 heteroatoms. The van der Waals surface area contributed by atoms with Crippen molar-refractivity contribution in [1.29, 1.82) is 0 Å². The van der Waals surface area contributed by atoms with Gasteiger partial charge in [0.1, 0.15) is 0 Å². The minimum atomic E-state index is 0.129. The van der Waals surface area contributed by atoms with Gasteiger partial charge in [0.2, 0.25) is 5.91 Å². The number of nitrogens with zero attached hydrogens (tertiary/aromatic N) is 1. The van der Waals surface area contributed by atoms with Crippen LogP contribution in [0, 0.1) is 0 Å². The molecular formula is C14H20N2O2. The second-order valence-corrected chi connectivity index (χ2v) is 4.56. The number of carbonyl (C=O) groups excluding carboxylic acids is 1. The van der Waals surface area contributed by atoms with Crippen molar-refractivity contribution in [2.75, 3.05) is 24.6 Å². The number of benzene rings is 1. The Kier molecular flexibility index (Phi) is 4.73. The van der Waals surface area contributed by atoms with E-state index in [4.69, 9.17) is 5.11 Å². The van der Waals surface area contributed by atoms with Crippen molar-refractivity contribution < 1.29 is 9.90 Å². The molecule has 0 radical (unpaired) electrons. The summed E-state index contributed by atoms with van der Waals surface area (Å²) in [6, 6.07) is 8.03. The Morgan fingerprint density at radius 3 is 2.83 bits per heavy atom. The molecule has 0 atom stereocenters. The normalized spacial score (nSPS) is 15.4. The quantitative estimate of drug-likeness (QED) is 0.772. The smallest absolute Gasteiger partial charge is 0.240 e. The molecule has 0 spiro atoms. The molecule has 98 valence electrons. The predicted octanol–water partition coefficient (Wildman–Crippen LogP) is 1.29. The molecular weight excluding hydrogens is 228 g/mol. The fourth-order valence-corrected chi connectivity index (χ4v) is 2.26. The van der Waals surface area contributed by atoms with E-state index in [9.17, 15) is 4.79 Å². The molecule has 0 fully saturated rings. The number of unbranched alkanes of at least 4 members (excludes halogenated alkanes) is 2. The number of hydrogen-bond acceptors (Lipinski definition) is 3. The van der Waals surface area contributed by atoms with E-state index in [-0.39, 0.29) is 12.5 Å². The Balaban J connectivity index is 2.08. The van der Waals surface area contributed by atoms with Crippen LogP contribution in [-0.4, -0.2) is 30.7 Å². The van der Waals surface area contributed by atoms with Crippen LogP contribution in [0.15, 0.2) is 24.3 Å². The van der Waals surface area contributed by atoms with Crippen molar-refractivity contribution in [3.63, 3.8) is 0 Å². The highest BCUT2D eigenvalue weighted by molar-refractivity contribution is 5.96. The van der Waals surface area contributed by atoms with Gasteiger partial charge in [0.15, 0.2) is 0 Å². The van der Waals surface area contributed by atoms with Crippen LogP contribution in [0.2, 0.25) is 0 Å². The van der Waals surface area contributed by atoms with E-state index in [0.717, 1.165) is 38.0 Å². The summed E-state index contributed by atoms with van der Waals surface area (Å²) < 4.78 is 0. The highest BCUT2D eigenvalue weighted by Gasteiger charge is 2.20. The van der Waals surface area contributed by atoms with E-state index in [1.54, 1.807) is 0 Å². The molecule has 4 nitrogen and oxygen atoms in total. The van der Waals surface area contributed by atoms with Crippen LogP contribution in [0.3, 0.4) is 0 Å². The minimum Gasteiger partial charge on any atom is -0.396 e. The number of fused-ring (bicyclic) bond motifs is 1. The second kappa shape index (κ2) is 6.52. The number of para-hydroxylation sites is 1. The first-order chi connectivity index (χ1) is 8.83. The van der Waals surface area contributed by atoms with Gasteiger partial charge in [0.25, 0.3) is 0 Å². The van der Waals surface area contributed by atoms with Crippen molar-refractivity contribution in [2.24, 2.45) is 0 Å². The Morgan fingerprint density at radius 2 is 2.00 bits per heavy atom. The number of hydrogen-bond donors (Lipinski definition) is 2. The molecule has 2 rings (SSSR count). The van der Waals surface area contributed by atoms with Crippen LogP contribution in [0.1, 0.15) is 24.8 Å². The Morgan fingerprint density at radius 1 is 1.17 bits per heavy atom. The number of aliphatic hydroxyl groups excluding tert-OH is 1. The van der Waals surface area contributed by atoms with E-state index >= 15 is 0 Å². The molecule has 0 unspecified atom stereocenters. The zero-order valence-corrected chi connectivity index (χ0v) is 10.6. The molecule has 1 amide bonds. The van der Waals surface area contributed by atoms with Gasteiger partial charge in [-0.05, 0) is 30.9 Å². The lowest BCUT2D eigenvalue weighted by atomic mass is 10.1. The SMILES string of the molecule is O=C1CNCc2ccccc2N1CCCCCO. The first-order valence-corrected chi connectivity index (χ1v) is 6.53. The fraction of sp³-hybridized carbons (Fsp3) is 0.500. The maximum atomic E-state index is 12.1. The van der Waals surface area contributed by atoms with E-state index in [2.05, 4.69) is 11.4 Å². The molecule has 0 aliphatic carbocycles. The lowest BCUT2D eigenvalue weighted by molar-refractivity contribution is -0.117. The van der Waals surface area contributed by atoms with Gasteiger partial charge in [-0.3, -0.25) is 4.79 Å². The highest BCUT2D eigenvalue weighted by Crippen LogP contribution is 2.22. The lowest BCUT2D eigenvalue weighted by Gasteiger charge is -2.22. The predicted molar refractivity (Wildman–Crippen MR) is 71.4 cm³/mol. The van der Waals surface area contributed by atoms with E-state index < -0.39 is 0 Å². The zero-order chi connectivity index (χ0) is 12.8. The zero-order valence-electron chi connectivity index (χ0n) is 10.6. The van der Waals surface area contributed by atoms with Gasteiger partial charge >= 0.3 is 0 Å². The summed E-state index contributed by atoms with van der Waals surface area (Å²) in [6.07, 6.45) is 2.69. The Labute approximate surface area is 108 Å². The molecule has 1 aliphatic heterocycles. The van der Waals surface area contributed by atoms with Gasteiger partial charge in [0.05, 0.1) is 6.54 Å². The molecule has 1 aromatic rings. The van der Waals surface area contributed by atoms with Crippen LogP contribution in [0.5, 0.6) is 0 Å². The Hall–Kier alpha value is -1.39. The Bertz CT molecular complexity index is 407. The maximum Gasteiger partial charge on any atom is 0.240 e. The fourth-order valence-electron chi connectivity index (χ4n) is 2.26. The van der Waals surface area contributed by atoms with Crippen LogP contribution in [-0.2, 0) is 11.3 Å². The first kappa shape index (κ1) is 13.1. The van der Waals surface area contributed by atoms with Gasteiger partial charge in [-0.1, -0.05) is 18.2 Å². The van der Waals surface area contributed by atoms with Crippen molar-refractivity contribution in [2.45, 2.75) is 25.8 Å². The number of rotatable bonds is 5. The second-order valence-electron chi connectivity index (χ2n) is 4.56. The summed E-state index contributed by atoms with van der Waals surface area (Å²) in [7, 11) is 0. The first-order valence-electron chi connectivity index (χ1n) is 6.53. The molecule has 1 heterocycles. The average Bonchev–Trinajstić information content (AvgIpc) is 2.54. The third-order valence-corrected chi connectivity index (χ3v) is 3.21. The van der Waals surface area contributed by atoms with Gasteiger partial charge in [-0.25, -0.2) is 0 Å². The third-order valence-electron chi connectivity index (χ3n) is 3.21. The lowest BCUT2D eigenvalue weighted by Crippen LogP contribution is -2.36. The summed E-state index contributed by atoms with van der Waals surface area (Å²) in [5, 5.41) is 11.9. The standard InChI is InChI=1S/C14H20N2O2/c17-9-5-1-4-8-16-13-7-3-2-6-12(13)10-15-11-14(16)18/h2-3,6-7,15,17H,1,4-5,8-11H2. The molecule has 1 aromatic carbocycles. The summed E-state index contributed by atoms with van der Waals surface area (Å²) in [4.78, 5) is 13.9. The number of anilines is 1. The average molecular weight is 248 g/mol. The summed E-state index contributed by atoms with van der Waals surface area (Å²) >= 11 is 0. The van der Waals surface area contributed by atoms with Gasteiger partial charge < -0.3 is 15.3 Å². The molecule has 2 N–H and O–H groups in total. The van der Waals surface area contributed by atoms with Gasteiger partial charge in [-0.15, -0.1) is 0 Å². The van der Waals surface area contributed by atoms with Crippen molar-refractivity contribution in [3.05, 3.63) is 29.8 Å². The van der Waals surface area contributed by atoms with Crippen LogP contribution < -0.4 is 10.2 Å². The molecule has 0 saturated carbocycles. The van der Waals surface area contributed by atoms with Gasteiger partial charge in [0, 0.05) is 25.4 Å². The van der Waals surface area contributed by atoms with Crippen LogP contribution in [0.4, 0.5) is 5.69 Å².